The van der Waals surface area contributed by atoms with Crippen LogP contribution in [0.5, 0.6) is 0 Å². The van der Waals surface area contributed by atoms with E-state index in [-0.39, 0.29) is 13.0 Å². The second kappa shape index (κ2) is 10.5. The van der Waals surface area contributed by atoms with E-state index in [4.69, 9.17) is 5.11 Å². The number of aromatic nitrogens is 1. The van der Waals surface area contributed by atoms with Crippen molar-refractivity contribution >= 4 is 51.0 Å². The average molecular weight is 477 g/mol. The first kappa shape index (κ1) is 22.8. The quantitative estimate of drug-likeness (QED) is 0.281. The van der Waals surface area contributed by atoms with E-state index in [2.05, 4.69) is 6.07 Å². The number of hydrogen-bond acceptors (Lipinski definition) is 6. The summed E-state index contributed by atoms with van der Waals surface area (Å²) in [6.45, 7) is 0.871. The average Bonchev–Trinajstić information content (AvgIpc) is 3.36. The molecule has 8 heteroatoms. The lowest BCUT2D eigenvalue weighted by Gasteiger charge is -2.19. The van der Waals surface area contributed by atoms with Crippen molar-refractivity contribution < 1.29 is 19.6 Å². The molecule has 0 amide bonds. The van der Waals surface area contributed by atoms with Gasteiger partial charge in [0.1, 0.15) is 11.3 Å². The molecule has 0 radical (unpaired) electrons. The highest BCUT2D eigenvalue weighted by molar-refractivity contribution is 8.03. The summed E-state index contributed by atoms with van der Waals surface area (Å²) >= 11 is 3.17. The summed E-state index contributed by atoms with van der Waals surface area (Å²) in [5, 5.41) is 30.1. The normalized spacial score (nSPS) is 14.8. The zero-order valence-electron chi connectivity index (χ0n) is 17.7. The molecule has 0 unspecified atom stereocenters. The number of rotatable bonds is 8. The highest BCUT2D eigenvalue weighted by atomic mass is 32.2. The minimum Gasteiger partial charge on any atom is -0.481 e. The van der Waals surface area contributed by atoms with Crippen LogP contribution in [-0.2, 0) is 11.3 Å². The minimum atomic E-state index is -0.848. The molecule has 0 saturated heterocycles. The van der Waals surface area contributed by atoms with Gasteiger partial charge in [-0.3, -0.25) is 4.79 Å². The Morgan fingerprint density at radius 3 is 2.76 bits per heavy atom. The van der Waals surface area contributed by atoms with E-state index in [9.17, 15) is 15.2 Å². The summed E-state index contributed by atoms with van der Waals surface area (Å²) in [5.41, 5.74) is 2.51. The predicted octanol–water partition coefficient (Wildman–Crippen LogP) is 4.57. The number of carboxylic acids is 1. The van der Waals surface area contributed by atoms with Crippen molar-refractivity contribution in [1.82, 2.24) is 0 Å². The number of carbonyl (C=O) groups is 1. The number of anilines is 1. The maximum absolute atomic E-state index is 11.1. The van der Waals surface area contributed by atoms with Crippen LogP contribution in [0, 0.1) is 11.3 Å². The second-order valence-electron chi connectivity index (χ2n) is 7.22. The van der Waals surface area contributed by atoms with E-state index in [1.165, 1.54) is 0 Å². The molecule has 4 rings (SSSR count). The zero-order valence-corrected chi connectivity index (χ0v) is 19.4. The number of para-hydroxylation sites is 2. The van der Waals surface area contributed by atoms with E-state index in [0.717, 1.165) is 30.8 Å². The van der Waals surface area contributed by atoms with Crippen LogP contribution in [0.2, 0.25) is 0 Å². The molecule has 0 fully saturated rings. The third kappa shape index (κ3) is 5.17. The number of allylic oxidation sites excluding steroid dienone is 4. The van der Waals surface area contributed by atoms with Crippen LogP contribution in [0.4, 0.5) is 5.69 Å². The number of fused-ring (bicyclic) bond motifs is 2. The van der Waals surface area contributed by atoms with Crippen molar-refractivity contribution in [2.45, 2.75) is 17.9 Å². The van der Waals surface area contributed by atoms with E-state index in [0.29, 0.717) is 18.7 Å². The van der Waals surface area contributed by atoms with E-state index >= 15 is 0 Å². The molecule has 0 aliphatic carbocycles. The van der Waals surface area contributed by atoms with Crippen LogP contribution in [-0.4, -0.2) is 29.3 Å². The fourth-order valence-corrected chi connectivity index (χ4v) is 5.76. The molecule has 6 nitrogen and oxygen atoms in total. The number of hydrogen-bond donors (Lipinski definition) is 2. The Kier molecular flexibility index (Phi) is 7.25. The van der Waals surface area contributed by atoms with Gasteiger partial charge in [0, 0.05) is 23.6 Å². The molecule has 1 aliphatic rings. The lowest BCUT2D eigenvalue weighted by Crippen LogP contribution is -2.36. The molecule has 1 aliphatic heterocycles. The van der Waals surface area contributed by atoms with Crippen molar-refractivity contribution in [2.24, 2.45) is 0 Å². The Bertz CT molecular complexity index is 1320. The minimum absolute atomic E-state index is 0.0255. The Morgan fingerprint density at radius 2 is 1.97 bits per heavy atom. The second-order valence-corrected chi connectivity index (χ2v) is 9.34. The first-order valence-corrected chi connectivity index (χ1v) is 12.0. The van der Waals surface area contributed by atoms with Gasteiger partial charge in [-0.1, -0.05) is 47.4 Å². The van der Waals surface area contributed by atoms with Crippen LogP contribution >= 0.6 is 23.1 Å². The molecule has 0 saturated carbocycles. The number of aliphatic hydroxyl groups is 1. The predicted molar refractivity (Wildman–Crippen MR) is 132 cm³/mol. The molecule has 166 valence electrons. The van der Waals surface area contributed by atoms with Crippen LogP contribution in [0.15, 0.2) is 82.3 Å². The van der Waals surface area contributed by atoms with E-state index in [1.807, 2.05) is 70.1 Å². The summed E-state index contributed by atoms with van der Waals surface area (Å²) in [7, 11) is 0. The van der Waals surface area contributed by atoms with Crippen molar-refractivity contribution in [2.75, 3.05) is 18.1 Å². The first-order chi connectivity index (χ1) is 16.1. The van der Waals surface area contributed by atoms with E-state index < -0.39 is 5.97 Å². The molecule has 2 N–H and O–H groups in total. The highest BCUT2D eigenvalue weighted by Crippen LogP contribution is 2.45. The highest BCUT2D eigenvalue weighted by Gasteiger charge is 2.24. The summed E-state index contributed by atoms with van der Waals surface area (Å²) in [4.78, 5) is 14.2. The molecule has 33 heavy (non-hydrogen) atoms. The summed E-state index contributed by atoms with van der Waals surface area (Å²) in [6.07, 6.45) is 7.30. The number of thioether (sulfide) groups is 1. The molecular weight excluding hydrogens is 454 g/mol. The Labute approximate surface area is 200 Å². The topological polar surface area (TPSA) is 88.4 Å². The number of nitriles is 1. The zero-order chi connectivity index (χ0) is 23.2. The van der Waals surface area contributed by atoms with Crippen LogP contribution < -0.4 is 9.47 Å². The Hall–Kier alpha value is -3.38. The summed E-state index contributed by atoms with van der Waals surface area (Å²) in [6, 6.07) is 18.1. The Morgan fingerprint density at radius 1 is 1.18 bits per heavy atom. The SMILES string of the molecule is N#CC(C=Cc1sc2ccccc2[n+]1CCO)=CC=C1Sc2ccccc2N1CCC(=O)O. The fourth-order valence-electron chi connectivity index (χ4n) is 3.57. The first-order valence-electron chi connectivity index (χ1n) is 10.4. The number of aliphatic hydroxyl groups excluding tert-OH is 1. The molecule has 1 aromatic heterocycles. The molecular formula is C25H22N3O3S2+. The van der Waals surface area contributed by atoms with Crippen molar-refractivity contribution in [3.05, 3.63) is 82.4 Å². The molecule has 0 bridgehead atoms. The third-order valence-electron chi connectivity index (χ3n) is 5.09. The van der Waals surface area contributed by atoms with Gasteiger partial charge in [0.2, 0.25) is 5.52 Å². The number of benzene rings is 2. The Balaban J connectivity index is 1.61. The van der Waals surface area contributed by atoms with Crippen LogP contribution in [0.1, 0.15) is 11.4 Å². The molecule has 2 aromatic carbocycles. The van der Waals surface area contributed by atoms with Gasteiger partial charge in [0.05, 0.1) is 28.8 Å². The van der Waals surface area contributed by atoms with Gasteiger partial charge < -0.3 is 15.1 Å². The standard InChI is InChI=1S/C25H21N3O3S2/c26-17-18(10-12-24-28(15-16-29)20-6-2-4-8-22(20)33-24)9-11-23-27(14-13-25(30)31)19-5-1-3-7-21(19)32-23/h1-12,29H,13-16H2/p+1. The summed E-state index contributed by atoms with van der Waals surface area (Å²) in [5.74, 6) is -0.848. The van der Waals surface area contributed by atoms with Gasteiger partial charge in [0.25, 0.3) is 5.01 Å². The van der Waals surface area contributed by atoms with Gasteiger partial charge in [-0.25, -0.2) is 0 Å². The number of carboxylic acid groups (broad SMARTS) is 1. The third-order valence-corrected chi connectivity index (χ3v) is 7.35. The molecule has 3 aromatic rings. The lowest BCUT2D eigenvalue weighted by molar-refractivity contribution is -0.670. The van der Waals surface area contributed by atoms with E-state index in [1.54, 1.807) is 35.3 Å². The number of thiazole rings is 1. The smallest absolute Gasteiger partial charge is 0.305 e. The molecule has 2 heterocycles. The van der Waals surface area contributed by atoms with Gasteiger partial charge in [0.15, 0.2) is 6.54 Å². The van der Waals surface area contributed by atoms with Gasteiger partial charge in [-0.05, 0) is 36.4 Å². The fraction of sp³-hybridized carbons (Fsp3) is 0.160. The van der Waals surface area contributed by atoms with Crippen molar-refractivity contribution in [3.8, 4) is 6.07 Å². The number of nitrogens with zero attached hydrogens (tertiary/aromatic N) is 3. The van der Waals surface area contributed by atoms with Crippen LogP contribution in [0.25, 0.3) is 16.3 Å². The molecule has 0 atom stereocenters. The van der Waals surface area contributed by atoms with Crippen LogP contribution in [0.3, 0.4) is 0 Å². The maximum atomic E-state index is 11.1. The molecule has 0 spiro atoms. The van der Waals surface area contributed by atoms with Crippen molar-refractivity contribution in [1.29, 1.82) is 5.26 Å². The largest absolute Gasteiger partial charge is 0.481 e. The lowest BCUT2D eigenvalue weighted by atomic mass is 10.2. The van der Waals surface area contributed by atoms with Crippen molar-refractivity contribution in [3.63, 3.8) is 0 Å². The summed E-state index contributed by atoms with van der Waals surface area (Å²) < 4.78 is 3.16. The van der Waals surface area contributed by atoms with Gasteiger partial charge >= 0.3 is 5.97 Å². The van der Waals surface area contributed by atoms with Gasteiger partial charge in [-0.15, -0.1) is 0 Å². The monoisotopic (exact) mass is 476 g/mol. The maximum Gasteiger partial charge on any atom is 0.305 e. The van der Waals surface area contributed by atoms with Gasteiger partial charge in [-0.2, -0.15) is 9.83 Å². The number of aliphatic carboxylic acids is 1.